The van der Waals surface area contributed by atoms with Gasteiger partial charge in [0.25, 0.3) is 5.91 Å². The minimum absolute atomic E-state index is 0.0564. The monoisotopic (exact) mass is 401 g/mol. The Morgan fingerprint density at radius 3 is 2.58 bits per heavy atom. The van der Waals surface area contributed by atoms with Crippen molar-refractivity contribution < 1.29 is 23.8 Å². The minimum Gasteiger partial charge on any atom is -0.493 e. The van der Waals surface area contributed by atoms with Crippen LogP contribution in [0.15, 0.2) is 16.6 Å². The molecule has 7 heteroatoms. The molecule has 0 saturated heterocycles. The third kappa shape index (κ3) is 6.03. The number of rotatable bonds is 9. The first-order chi connectivity index (χ1) is 11.4. The van der Waals surface area contributed by atoms with Crippen LogP contribution >= 0.6 is 15.9 Å². The van der Waals surface area contributed by atoms with Gasteiger partial charge in [0.2, 0.25) is 0 Å². The van der Waals surface area contributed by atoms with Crippen LogP contribution in [0.3, 0.4) is 0 Å². The van der Waals surface area contributed by atoms with E-state index in [0.717, 1.165) is 12.8 Å². The van der Waals surface area contributed by atoms with E-state index in [4.69, 9.17) is 14.2 Å². The SMILES string of the molecule is CCC[C@@H](C)NC(=O)COC(=O)c1cc(Br)c(OCC)c(OC)c1. The molecule has 1 aromatic carbocycles. The third-order valence-corrected chi connectivity index (χ3v) is 3.81. The first-order valence-corrected chi connectivity index (χ1v) is 8.68. The Hall–Kier alpha value is -1.76. The van der Waals surface area contributed by atoms with Gasteiger partial charge in [0, 0.05) is 6.04 Å². The summed E-state index contributed by atoms with van der Waals surface area (Å²) in [6.07, 6.45) is 1.85. The van der Waals surface area contributed by atoms with Crippen LogP contribution in [0.1, 0.15) is 44.0 Å². The lowest BCUT2D eigenvalue weighted by Crippen LogP contribution is -2.35. The number of methoxy groups -OCH3 is 1. The maximum atomic E-state index is 12.1. The average Bonchev–Trinajstić information content (AvgIpc) is 2.54. The molecule has 0 bridgehead atoms. The van der Waals surface area contributed by atoms with Gasteiger partial charge in [0.1, 0.15) is 0 Å². The normalized spacial score (nSPS) is 11.5. The van der Waals surface area contributed by atoms with Gasteiger partial charge in [0.05, 0.1) is 23.8 Å². The molecule has 0 aliphatic carbocycles. The largest absolute Gasteiger partial charge is 0.493 e. The molecule has 0 heterocycles. The van der Waals surface area contributed by atoms with Crippen molar-refractivity contribution in [1.82, 2.24) is 5.32 Å². The van der Waals surface area contributed by atoms with E-state index in [-0.39, 0.29) is 24.1 Å². The van der Waals surface area contributed by atoms with Crippen molar-refractivity contribution in [3.05, 3.63) is 22.2 Å². The van der Waals surface area contributed by atoms with Gasteiger partial charge in [-0.05, 0) is 48.3 Å². The number of esters is 1. The maximum absolute atomic E-state index is 12.1. The van der Waals surface area contributed by atoms with Crippen molar-refractivity contribution >= 4 is 27.8 Å². The third-order valence-electron chi connectivity index (χ3n) is 3.22. The van der Waals surface area contributed by atoms with Crippen molar-refractivity contribution in [1.29, 1.82) is 0 Å². The van der Waals surface area contributed by atoms with Crippen LogP contribution in [-0.4, -0.2) is 38.2 Å². The van der Waals surface area contributed by atoms with Gasteiger partial charge in [0.15, 0.2) is 18.1 Å². The Kier molecular flexibility index (Phi) is 8.60. The zero-order valence-electron chi connectivity index (χ0n) is 14.5. The van der Waals surface area contributed by atoms with Crippen LogP contribution in [0.5, 0.6) is 11.5 Å². The molecule has 1 rings (SSSR count). The number of halogens is 1. The molecular weight excluding hydrogens is 378 g/mol. The van der Waals surface area contributed by atoms with E-state index in [9.17, 15) is 9.59 Å². The molecule has 0 aromatic heterocycles. The Morgan fingerprint density at radius 1 is 1.29 bits per heavy atom. The van der Waals surface area contributed by atoms with Crippen LogP contribution < -0.4 is 14.8 Å². The van der Waals surface area contributed by atoms with Crippen molar-refractivity contribution in [3.8, 4) is 11.5 Å². The standard InChI is InChI=1S/C17H24BrNO5/c1-5-7-11(3)19-15(20)10-24-17(21)12-8-13(18)16(23-6-2)14(9-12)22-4/h8-9,11H,5-7,10H2,1-4H3,(H,19,20)/t11-/m1/s1. The zero-order valence-corrected chi connectivity index (χ0v) is 16.1. The fraction of sp³-hybridized carbons (Fsp3) is 0.529. The van der Waals surface area contributed by atoms with Crippen molar-refractivity contribution in [2.24, 2.45) is 0 Å². The molecule has 1 aromatic rings. The van der Waals surface area contributed by atoms with Gasteiger partial charge in [-0.1, -0.05) is 13.3 Å². The molecule has 1 N–H and O–H groups in total. The second kappa shape index (κ2) is 10.2. The Balaban J connectivity index is 2.71. The van der Waals surface area contributed by atoms with E-state index in [1.165, 1.54) is 13.2 Å². The van der Waals surface area contributed by atoms with Crippen LogP contribution in [-0.2, 0) is 9.53 Å². The van der Waals surface area contributed by atoms with Crippen LogP contribution in [0.4, 0.5) is 0 Å². The van der Waals surface area contributed by atoms with Crippen LogP contribution in [0.2, 0.25) is 0 Å². The number of ether oxygens (including phenoxy) is 3. The predicted octanol–water partition coefficient (Wildman–Crippen LogP) is 3.32. The first kappa shape index (κ1) is 20.3. The highest BCUT2D eigenvalue weighted by molar-refractivity contribution is 9.10. The summed E-state index contributed by atoms with van der Waals surface area (Å²) in [5.74, 6) is 0.0125. The number of nitrogens with one attached hydrogen (secondary N) is 1. The summed E-state index contributed by atoms with van der Waals surface area (Å²) < 4.78 is 16.3. The van der Waals surface area contributed by atoms with Crippen molar-refractivity contribution in [3.63, 3.8) is 0 Å². The van der Waals surface area contributed by atoms with E-state index < -0.39 is 5.97 Å². The summed E-state index contributed by atoms with van der Waals surface area (Å²) in [7, 11) is 1.49. The molecule has 1 atom stereocenters. The molecule has 1 amide bonds. The highest BCUT2D eigenvalue weighted by Crippen LogP contribution is 2.36. The molecule has 0 radical (unpaired) electrons. The van der Waals surface area contributed by atoms with Crippen molar-refractivity contribution in [2.75, 3.05) is 20.3 Å². The minimum atomic E-state index is -0.602. The lowest BCUT2D eigenvalue weighted by Gasteiger charge is -2.14. The molecule has 0 unspecified atom stereocenters. The Bertz CT molecular complexity index is 576. The molecule has 0 aliphatic heterocycles. The molecule has 0 fully saturated rings. The molecule has 24 heavy (non-hydrogen) atoms. The zero-order chi connectivity index (χ0) is 18.1. The summed E-state index contributed by atoms with van der Waals surface area (Å²) in [5, 5.41) is 2.78. The number of carbonyl (C=O) groups excluding carboxylic acids is 2. The van der Waals surface area contributed by atoms with Crippen molar-refractivity contribution in [2.45, 2.75) is 39.7 Å². The van der Waals surface area contributed by atoms with Crippen LogP contribution in [0, 0.1) is 0 Å². The Labute approximate surface area is 151 Å². The topological polar surface area (TPSA) is 73.9 Å². The van der Waals surface area contributed by atoms with Gasteiger partial charge < -0.3 is 19.5 Å². The van der Waals surface area contributed by atoms with E-state index in [2.05, 4.69) is 21.2 Å². The molecule has 6 nitrogen and oxygen atoms in total. The fourth-order valence-corrected chi connectivity index (χ4v) is 2.71. The van der Waals surface area contributed by atoms with E-state index in [0.29, 0.717) is 22.6 Å². The summed E-state index contributed by atoms with van der Waals surface area (Å²) in [6.45, 7) is 5.96. The number of hydrogen-bond donors (Lipinski definition) is 1. The summed E-state index contributed by atoms with van der Waals surface area (Å²) in [4.78, 5) is 23.9. The van der Waals surface area contributed by atoms with Gasteiger partial charge >= 0.3 is 5.97 Å². The quantitative estimate of drug-likeness (QED) is 0.642. The summed E-state index contributed by atoms with van der Waals surface area (Å²) >= 11 is 3.35. The molecule has 0 spiro atoms. The number of amides is 1. The second-order valence-electron chi connectivity index (χ2n) is 5.26. The fourth-order valence-electron chi connectivity index (χ4n) is 2.16. The lowest BCUT2D eigenvalue weighted by atomic mass is 10.2. The highest BCUT2D eigenvalue weighted by Gasteiger charge is 2.17. The highest BCUT2D eigenvalue weighted by atomic mass is 79.9. The Morgan fingerprint density at radius 2 is 2.00 bits per heavy atom. The lowest BCUT2D eigenvalue weighted by molar-refractivity contribution is -0.124. The predicted molar refractivity (Wildman–Crippen MR) is 94.7 cm³/mol. The average molecular weight is 402 g/mol. The smallest absolute Gasteiger partial charge is 0.338 e. The van der Waals surface area contributed by atoms with Gasteiger partial charge in [-0.25, -0.2) is 4.79 Å². The maximum Gasteiger partial charge on any atom is 0.338 e. The van der Waals surface area contributed by atoms with E-state index in [1.54, 1.807) is 6.07 Å². The molecule has 134 valence electrons. The van der Waals surface area contributed by atoms with Gasteiger partial charge in [-0.15, -0.1) is 0 Å². The second-order valence-corrected chi connectivity index (χ2v) is 6.11. The van der Waals surface area contributed by atoms with E-state index in [1.807, 2.05) is 20.8 Å². The van der Waals surface area contributed by atoms with E-state index >= 15 is 0 Å². The number of benzene rings is 1. The number of hydrogen-bond acceptors (Lipinski definition) is 5. The van der Waals surface area contributed by atoms with Gasteiger partial charge in [-0.2, -0.15) is 0 Å². The number of carbonyl (C=O) groups is 2. The summed E-state index contributed by atoms with van der Waals surface area (Å²) in [5.41, 5.74) is 0.275. The molecule has 0 saturated carbocycles. The van der Waals surface area contributed by atoms with Crippen LogP contribution in [0.25, 0.3) is 0 Å². The van der Waals surface area contributed by atoms with Gasteiger partial charge in [-0.3, -0.25) is 4.79 Å². The first-order valence-electron chi connectivity index (χ1n) is 7.89. The molecular formula is C17H24BrNO5. The molecule has 0 aliphatic rings. The summed E-state index contributed by atoms with van der Waals surface area (Å²) in [6, 6.07) is 3.16.